The Kier molecular flexibility index (Phi) is 5.31. The maximum absolute atomic E-state index is 10.2. The van der Waals surface area contributed by atoms with Crippen LogP contribution in [0.15, 0.2) is 11.2 Å². The summed E-state index contributed by atoms with van der Waals surface area (Å²) in [5.41, 5.74) is 4.47. The van der Waals surface area contributed by atoms with Gasteiger partial charge in [0, 0.05) is 12.1 Å². The van der Waals surface area contributed by atoms with Crippen molar-refractivity contribution in [3.63, 3.8) is 0 Å². The first-order valence-electron chi connectivity index (χ1n) is 10.9. The van der Waals surface area contributed by atoms with E-state index in [9.17, 15) is 9.66 Å². The SMILES string of the molecule is Cc1nc2c(nc1-c1cc3nc(SO)nc(N[C@H]4CC[C@](C)(O)CC4)n3n1)CCCC2. The van der Waals surface area contributed by atoms with Gasteiger partial charge in [-0.1, -0.05) is 0 Å². The maximum atomic E-state index is 10.2. The molecular formula is C21H27N7O2S. The molecule has 1 fully saturated rings. The minimum atomic E-state index is -0.604. The first kappa shape index (κ1) is 20.6. The van der Waals surface area contributed by atoms with Gasteiger partial charge in [-0.15, -0.1) is 0 Å². The summed E-state index contributed by atoms with van der Waals surface area (Å²) >= 11 is 0.515. The van der Waals surface area contributed by atoms with Crippen LogP contribution in [0.5, 0.6) is 0 Å². The molecule has 0 atom stereocenters. The summed E-state index contributed by atoms with van der Waals surface area (Å²) in [6.07, 6.45) is 7.38. The van der Waals surface area contributed by atoms with Crippen molar-refractivity contribution in [3.05, 3.63) is 23.1 Å². The predicted octanol–water partition coefficient (Wildman–Crippen LogP) is 3.44. The molecule has 5 rings (SSSR count). The Bertz CT molecular complexity index is 1120. The third kappa shape index (κ3) is 4.11. The van der Waals surface area contributed by atoms with Gasteiger partial charge in [0.25, 0.3) is 0 Å². The van der Waals surface area contributed by atoms with E-state index < -0.39 is 5.60 Å². The molecule has 0 aromatic carbocycles. The Labute approximate surface area is 185 Å². The van der Waals surface area contributed by atoms with E-state index in [1.807, 2.05) is 19.9 Å². The quantitative estimate of drug-likeness (QED) is 0.523. The van der Waals surface area contributed by atoms with Crippen LogP contribution in [0.3, 0.4) is 0 Å². The number of nitrogens with zero attached hydrogens (tertiary/aromatic N) is 6. The third-order valence-electron chi connectivity index (χ3n) is 6.33. The van der Waals surface area contributed by atoms with Crippen LogP contribution >= 0.6 is 12.0 Å². The number of aliphatic hydroxyl groups is 1. The minimum absolute atomic E-state index is 0.174. The van der Waals surface area contributed by atoms with Gasteiger partial charge in [0.2, 0.25) is 11.1 Å². The van der Waals surface area contributed by atoms with E-state index in [1.165, 1.54) is 0 Å². The van der Waals surface area contributed by atoms with Crippen LogP contribution in [0.25, 0.3) is 17.0 Å². The molecule has 2 aliphatic rings. The monoisotopic (exact) mass is 441 g/mol. The molecule has 9 nitrogen and oxygen atoms in total. The second-order valence-electron chi connectivity index (χ2n) is 8.89. The highest BCUT2D eigenvalue weighted by molar-refractivity contribution is 7.93. The molecule has 3 N–H and O–H groups in total. The number of aromatic nitrogens is 6. The van der Waals surface area contributed by atoms with Gasteiger partial charge in [-0.05, 0) is 65.2 Å². The summed E-state index contributed by atoms with van der Waals surface area (Å²) in [5.74, 6) is 0.530. The van der Waals surface area contributed by atoms with Crippen LogP contribution in [-0.4, -0.2) is 50.9 Å². The molecule has 3 aromatic rings. The summed E-state index contributed by atoms with van der Waals surface area (Å²) in [6, 6.07) is 2.04. The summed E-state index contributed by atoms with van der Waals surface area (Å²) in [7, 11) is 0. The first-order chi connectivity index (χ1) is 14.9. The van der Waals surface area contributed by atoms with Crippen LogP contribution in [0.1, 0.15) is 62.5 Å². The zero-order chi connectivity index (χ0) is 21.6. The van der Waals surface area contributed by atoms with E-state index in [2.05, 4.69) is 15.3 Å². The fourth-order valence-corrected chi connectivity index (χ4v) is 4.77. The standard InChI is InChI=1S/C21H27N7O2S/c1-12-18(24-15-6-4-3-5-14(15)22-12)16-11-17-25-20(31-30)26-19(28(17)27-16)23-13-7-9-21(2,29)10-8-13/h11,13,29-30H,3-10H2,1-2H3,(H,23,25,26)/t13-,21-. The maximum Gasteiger partial charge on any atom is 0.228 e. The summed E-state index contributed by atoms with van der Waals surface area (Å²) in [6.45, 7) is 3.85. The lowest BCUT2D eigenvalue weighted by Crippen LogP contribution is -2.36. The van der Waals surface area contributed by atoms with Crippen LogP contribution < -0.4 is 5.32 Å². The van der Waals surface area contributed by atoms with E-state index in [4.69, 9.17) is 15.1 Å². The molecule has 10 heteroatoms. The lowest BCUT2D eigenvalue weighted by Gasteiger charge is -2.33. The molecule has 1 saturated carbocycles. The van der Waals surface area contributed by atoms with Crippen LogP contribution in [0, 0.1) is 6.92 Å². The van der Waals surface area contributed by atoms with Gasteiger partial charge >= 0.3 is 0 Å². The molecule has 164 valence electrons. The zero-order valence-electron chi connectivity index (χ0n) is 17.8. The van der Waals surface area contributed by atoms with Crippen molar-refractivity contribution in [2.75, 3.05) is 5.32 Å². The molecular weight excluding hydrogens is 414 g/mol. The van der Waals surface area contributed by atoms with Crippen LogP contribution in [0.4, 0.5) is 5.95 Å². The largest absolute Gasteiger partial charge is 0.390 e. The summed E-state index contributed by atoms with van der Waals surface area (Å²) in [5, 5.41) is 18.7. The normalized spacial score (nSPS) is 23.7. The van der Waals surface area contributed by atoms with Gasteiger partial charge in [0.15, 0.2) is 5.65 Å². The third-order valence-corrected chi connectivity index (χ3v) is 6.67. The Morgan fingerprint density at radius 1 is 1.10 bits per heavy atom. The average Bonchev–Trinajstić information content (AvgIpc) is 3.18. The molecule has 3 aromatic heterocycles. The van der Waals surface area contributed by atoms with Crippen molar-refractivity contribution in [2.24, 2.45) is 0 Å². The molecule has 0 unspecified atom stereocenters. The molecule has 0 spiro atoms. The van der Waals surface area contributed by atoms with Gasteiger partial charge in [0.1, 0.15) is 11.4 Å². The van der Waals surface area contributed by atoms with Crippen molar-refractivity contribution in [2.45, 2.75) is 82.0 Å². The van der Waals surface area contributed by atoms with Gasteiger partial charge in [0.05, 0.1) is 34.7 Å². The van der Waals surface area contributed by atoms with Crippen molar-refractivity contribution < 1.29 is 9.66 Å². The smallest absolute Gasteiger partial charge is 0.228 e. The lowest BCUT2D eigenvalue weighted by atomic mass is 9.84. The zero-order valence-corrected chi connectivity index (χ0v) is 18.6. The molecule has 0 aliphatic heterocycles. The number of fused-ring (bicyclic) bond motifs is 2. The van der Waals surface area contributed by atoms with Crippen molar-refractivity contribution >= 4 is 23.6 Å². The van der Waals surface area contributed by atoms with Crippen molar-refractivity contribution in [3.8, 4) is 11.4 Å². The number of hydrogen-bond acceptors (Lipinski definition) is 9. The lowest BCUT2D eigenvalue weighted by molar-refractivity contribution is 0.0195. The molecule has 31 heavy (non-hydrogen) atoms. The Balaban J connectivity index is 1.51. The molecule has 0 bridgehead atoms. The highest BCUT2D eigenvalue weighted by Gasteiger charge is 2.29. The van der Waals surface area contributed by atoms with Crippen molar-refractivity contribution in [1.82, 2.24) is 29.5 Å². The molecule has 0 saturated heterocycles. The predicted molar refractivity (Wildman–Crippen MR) is 118 cm³/mol. The number of nitrogens with one attached hydrogen (secondary N) is 1. The summed E-state index contributed by atoms with van der Waals surface area (Å²) in [4.78, 5) is 18.5. The minimum Gasteiger partial charge on any atom is -0.390 e. The van der Waals surface area contributed by atoms with Crippen LogP contribution in [0.2, 0.25) is 0 Å². The topological polar surface area (TPSA) is 121 Å². The second-order valence-corrected chi connectivity index (χ2v) is 9.44. The van der Waals surface area contributed by atoms with Crippen molar-refractivity contribution in [1.29, 1.82) is 0 Å². The fraction of sp³-hybridized carbons (Fsp3) is 0.571. The van der Waals surface area contributed by atoms with Gasteiger partial charge in [-0.2, -0.15) is 14.6 Å². The second kappa shape index (κ2) is 7.99. The number of hydrogen-bond donors (Lipinski definition) is 3. The highest BCUT2D eigenvalue weighted by Crippen LogP contribution is 2.30. The number of aryl methyl sites for hydroxylation is 3. The molecule has 3 heterocycles. The van der Waals surface area contributed by atoms with Crippen LogP contribution in [-0.2, 0) is 12.8 Å². The van der Waals surface area contributed by atoms with E-state index >= 15 is 0 Å². The first-order valence-corrected chi connectivity index (χ1v) is 11.6. The average molecular weight is 442 g/mol. The number of anilines is 1. The fourth-order valence-electron chi connectivity index (χ4n) is 4.51. The van der Waals surface area contributed by atoms with E-state index in [1.54, 1.807) is 4.52 Å². The van der Waals surface area contributed by atoms with E-state index in [0.717, 1.165) is 74.1 Å². The Morgan fingerprint density at radius 2 is 1.81 bits per heavy atom. The van der Waals surface area contributed by atoms with E-state index in [0.29, 0.717) is 29.3 Å². The van der Waals surface area contributed by atoms with Gasteiger partial charge in [-0.3, -0.25) is 4.98 Å². The van der Waals surface area contributed by atoms with Gasteiger partial charge in [-0.25, -0.2) is 9.97 Å². The van der Waals surface area contributed by atoms with Gasteiger partial charge < -0.3 is 15.0 Å². The van der Waals surface area contributed by atoms with E-state index in [-0.39, 0.29) is 11.2 Å². The molecule has 0 amide bonds. The Hall–Kier alpha value is -2.30. The molecule has 2 aliphatic carbocycles. The summed E-state index contributed by atoms with van der Waals surface area (Å²) < 4.78 is 11.2. The number of rotatable bonds is 4. The Morgan fingerprint density at radius 3 is 2.52 bits per heavy atom. The highest BCUT2D eigenvalue weighted by atomic mass is 32.2. The molecule has 0 radical (unpaired) electrons.